The minimum absolute atomic E-state index is 0.0324. The third-order valence-corrected chi connectivity index (χ3v) is 7.43. The van der Waals surface area contributed by atoms with Crippen LogP contribution < -0.4 is 4.90 Å². The van der Waals surface area contributed by atoms with Crippen molar-refractivity contribution in [3.8, 4) is 0 Å². The van der Waals surface area contributed by atoms with E-state index in [1.165, 1.54) is 0 Å². The molecule has 2 unspecified atom stereocenters. The highest BCUT2D eigenvalue weighted by atomic mass is 35.5. The lowest BCUT2D eigenvalue weighted by Gasteiger charge is -2.46. The van der Waals surface area contributed by atoms with Gasteiger partial charge in [-0.15, -0.1) is 0 Å². The number of aryl methyl sites for hydroxylation is 1. The van der Waals surface area contributed by atoms with E-state index < -0.39 is 12.0 Å². The average Bonchev–Trinajstić information content (AvgIpc) is 2.83. The first kappa shape index (κ1) is 26.0. The zero-order valence-electron chi connectivity index (χ0n) is 22.0. The van der Waals surface area contributed by atoms with Gasteiger partial charge in [-0.05, 0) is 58.7 Å². The maximum atomic E-state index is 12.7. The van der Waals surface area contributed by atoms with Crippen LogP contribution in [-0.2, 0) is 15.9 Å². The Morgan fingerprint density at radius 2 is 2.00 bits per heavy atom. The Bertz CT molecular complexity index is 1260. The fourth-order valence-corrected chi connectivity index (χ4v) is 5.35. The summed E-state index contributed by atoms with van der Waals surface area (Å²) in [6.45, 7) is 13.3. The Balaban J connectivity index is 1.54. The first-order chi connectivity index (χ1) is 17.5. The largest absolute Gasteiger partial charge is 0.444 e. The summed E-state index contributed by atoms with van der Waals surface area (Å²) in [4.78, 5) is 33.0. The monoisotopic (exact) mass is 546 g/mol. The number of fused-ring (bicyclic) bond motifs is 5. The molecule has 3 aliphatic heterocycles. The van der Waals surface area contributed by atoms with Gasteiger partial charge < -0.3 is 19.3 Å². The van der Waals surface area contributed by atoms with Crippen LogP contribution >= 0.6 is 23.2 Å². The molecule has 5 rings (SSSR count). The molecular weight excluding hydrogens is 515 g/mol. The van der Waals surface area contributed by atoms with E-state index >= 15 is 0 Å². The van der Waals surface area contributed by atoms with Crippen molar-refractivity contribution >= 4 is 46.6 Å². The SMILES string of the molecule is CCc1ccnc2c1N1c3nc(Cl)c(Cl)cc3C(N3CCN(C(=O)OC(C)(C)C)C[C@@H]3C)=NC1OC2C. The predicted octanol–water partition coefficient (Wildman–Crippen LogP) is 5.56. The van der Waals surface area contributed by atoms with E-state index in [0.29, 0.717) is 30.5 Å². The van der Waals surface area contributed by atoms with Gasteiger partial charge in [-0.3, -0.25) is 9.88 Å². The van der Waals surface area contributed by atoms with Crippen LogP contribution in [0.1, 0.15) is 64.5 Å². The van der Waals surface area contributed by atoms with Gasteiger partial charge in [-0.1, -0.05) is 30.1 Å². The van der Waals surface area contributed by atoms with Gasteiger partial charge in [0, 0.05) is 31.9 Å². The maximum absolute atomic E-state index is 12.7. The zero-order chi connectivity index (χ0) is 26.6. The van der Waals surface area contributed by atoms with E-state index in [9.17, 15) is 4.79 Å². The van der Waals surface area contributed by atoms with Crippen molar-refractivity contribution in [2.24, 2.45) is 4.99 Å². The van der Waals surface area contributed by atoms with Crippen LogP contribution in [0.5, 0.6) is 0 Å². The van der Waals surface area contributed by atoms with Crippen LogP contribution in [0.4, 0.5) is 16.3 Å². The first-order valence-electron chi connectivity index (χ1n) is 12.6. The Morgan fingerprint density at radius 1 is 1.24 bits per heavy atom. The van der Waals surface area contributed by atoms with Crippen LogP contribution in [0, 0.1) is 0 Å². The molecule has 9 nitrogen and oxygen atoms in total. The van der Waals surface area contributed by atoms with Gasteiger partial charge >= 0.3 is 6.09 Å². The molecule has 5 heterocycles. The number of hydrogen-bond donors (Lipinski definition) is 0. The van der Waals surface area contributed by atoms with E-state index in [4.69, 9.17) is 42.7 Å². The van der Waals surface area contributed by atoms with Crippen molar-refractivity contribution in [3.05, 3.63) is 45.3 Å². The number of aromatic nitrogens is 2. The molecule has 3 aliphatic rings. The number of ether oxygens (including phenoxy) is 2. The molecule has 0 aliphatic carbocycles. The second kappa shape index (κ2) is 9.60. The van der Waals surface area contributed by atoms with Gasteiger partial charge in [0.15, 0.2) is 0 Å². The minimum Gasteiger partial charge on any atom is -0.444 e. The first-order valence-corrected chi connectivity index (χ1v) is 13.3. The molecule has 2 aromatic rings. The highest BCUT2D eigenvalue weighted by Gasteiger charge is 2.43. The van der Waals surface area contributed by atoms with Gasteiger partial charge in [-0.25, -0.2) is 14.8 Å². The summed E-state index contributed by atoms with van der Waals surface area (Å²) in [5, 5.41) is 0.561. The number of anilines is 2. The van der Waals surface area contributed by atoms with Gasteiger partial charge in [-0.2, -0.15) is 0 Å². The van der Waals surface area contributed by atoms with Crippen molar-refractivity contribution in [3.63, 3.8) is 0 Å². The quantitative estimate of drug-likeness (QED) is 0.433. The number of pyridine rings is 2. The molecule has 1 amide bonds. The molecule has 11 heteroatoms. The van der Waals surface area contributed by atoms with Gasteiger partial charge in [0.05, 0.1) is 22.0 Å². The van der Waals surface area contributed by atoms with Crippen molar-refractivity contribution in [1.29, 1.82) is 0 Å². The minimum atomic E-state index is -0.639. The lowest BCUT2D eigenvalue weighted by molar-refractivity contribution is -0.00938. The summed E-state index contributed by atoms with van der Waals surface area (Å²) < 4.78 is 12.0. The molecular formula is C26H32Cl2N6O3. The smallest absolute Gasteiger partial charge is 0.410 e. The number of halogens is 2. The third kappa shape index (κ3) is 4.73. The molecule has 0 saturated carbocycles. The molecule has 0 spiro atoms. The number of amidine groups is 1. The van der Waals surface area contributed by atoms with Crippen LogP contribution in [0.25, 0.3) is 0 Å². The predicted molar refractivity (Wildman–Crippen MR) is 144 cm³/mol. The Labute approximate surface area is 227 Å². The molecule has 1 saturated heterocycles. The summed E-state index contributed by atoms with van der Waals surface area (Å²) in [6.07, 6.45) is 1.43. The van der Waals surface area contributed by atoms with E-state index in [2.05, 4.69) is 23.7 Å². The maximum Gasteiger partial charge on any atom is 0.410 e. The summed E-state index contributed by atoms with van der Waals surface area (Å²) in [6, 6.07) is 3.80. The fourth-order valence-electron chi connectivity index (χ4n) is 5.06. The average molecular weight is 547 g/mol. The molecule has 0 radical (unpaired) electrons. The number of hydrogen-bond acceptors (Lipinski definition) is 8. The Morgan fingerprint density at radius 3 is 2.68 bits per heavy atom. The second-order valence-electron chi connectivity index (χ2n) is 10.6. The zero-order valence-corrected chi connectivity index (χ0v) is 23.5. The summed E-state index contributed by atoms with van der Waals surface area (Å²) in [5.74, 6) is 1.35. The Hall–Kier alpha value is -2.62. The van der Waals surface area contributed by atoms with Gasteiger partial charge in [0.1, 0.15) is 28.5 Å². The lowest BCUT2D eigenvalue weighted by atomic mass is 10.0. The van der Waals surface area contributed by atoms with Gasteiger partial charge in [0.2, 0.25) is 6.35 Å². The molecule has 198 valence electrons. The molecule has 0 N–H and O–H groups in total. The van der Waals surface area contributed by atoms with E-state index in [-0.39, 0.29) is 23.4 Å². The number of aliphatic imine (C=N–C) groups is 1. The van der Waals surface area contributed by atoms with Crippen molar-refractivity contribution in [1.82, 2.24) is 19.8 Å². The topological polar surface area (TPSA) is 83.4 Å². The molecule has 0 aromatic carbocycles. The molecule has 2 aromatic heterocycles. The second-order valence-corrected chi connectivity index (χ2v) is 11.4. The van der Waals surface area contributed by atoms with Crippen LogP contribution in [0.15, 0.2) is 23.3 Å². The van der Waals surface area contributed by atoms with Crippen molar-refractivity contribution < 1.29 is 14.3 Å². The number of nitrogens with zero attached hydrogens (tertiary/aromatic N) is 6. The molecule has 1 fully saturated rings. The van der Waals surface area contributed by atoms with Gasteiger partial charge in [0.25, 0.3) is 0 Å². The highest BCUT2D eigenvalue weighted by molar-refractivity contribution is 6.41. The number of amides is 1. The molecule has 3 atom stereocenters. The van der Waals surface area contributed by atoms with Crippen LogP contribution in [0.3, 0.4) is 0 Å². The number of carbonyl (C=O) groups is 1. The highest BCUT2D eigenvalue weighted by Crippen LogP contribution is 2.46. The van der Waals surface area contributed by atoms with Crippen LogP contribution in [0.2, 0.25) is 10.2 Å². The van der Waals surface area contributed by atoms with Crippen molar-refractivity contribution in [2.75, 3.05) is 24.5 Å². The summed E-state index contributed by atoms with van der Waals surface area (Å²) in [5.41, 5.74) is 3.13. The summed E-state index contributed by atoms with van der Waals surface area (Å²) >= 11 is 12.9. The number of carbonyl (C=O) groups excluding carboxylic acids is 1. The Kier molecular flexibility index (Phi) is 6.75. The van der Waals surface area contributed by atoms with Crippen molar-refractivity contribution in [2.45, 2.75) is 72.1 Å². The standard InChI is InChI=1S/C26H32Cl2N6O3/c1-7-16-8-9-29-19-15(3)36-24-31-22(17-12-18(27)21(28)30-23(17)34(24)20(16)19)33-11-10-32(13-14(33)2)25(35)37-26(4,5)6/h8-9,12,14-15,24H,7,10-11,13H2,1-6H3/t14-,15?,24?/m0/s1. The summed E-state index contributed by atoms with van der Waals surface area (Å²) in [7, 11) is 0. The normalized spacial score (nSPS) is 23.2. The fraction of sp³-hybridized carbons (Fsp3) is 0.538. The third-order valence-electron chi connectivity index (χ3n) is 6.76. The van der Waals surface area contributed by atoms with Crippen LogP contribution in [-0.4, -0.2) is 69.3 Å². The van der Waals surface area contributed by atoms with E-state index in [0.717, 1.165) is 34.8 Å². The number of piperazine rings is 1. The van der Waals surface area contributed by atoms with E-state index in [1.807, 2.05) is 50.9 Å². The molecule has 37 heavy (non-hydrogen) atoms. The number of rotatable bonds is 1. The molecule has 0 bridgehead atoms. The van der Waals surface area contributed by atoms with E-state index in [1.54, 1.807) is 4.90 Å². The lowest BCUT2D eigenvalue weighted by Crippen LogP contribution is -2.57.